The van der Waals surface area contributed by atoms with Crippen LogP contribution >= 0.6 is 0 Å². The molecule has 3 rings (SSSR count). The molecule has 0 spiro atoms. The quantitative estimate of drug-likeness (QED) is 0.370. The van der Waals surface area contributed by atoms with Crippen molar-refractivity contribution in [3.63, 3.8) is 0 Å². The molecule has 0 aliphatic carbocycles. The highest BCUT2D eigenvalue weighted by molar-refractivity contribution is 5.95. The Bertz CT molecular complexity index is 1310. The van der Waals surface area contributed by atoms with Crippen molar-refractivity contribution < 1.29 is 28.5 Å². The maximum absolute atomic E-state index is 12.9. The summed E-state index contributed by atoms with van der Waals surface area (Å²) in [5.41, 5.74) is 1.48. The van der Waals surface area contributed by atoms with Crippen LogP contribution in [0.4, 0.5) is 5.69 Å². The summed E-state index contributed by atoms with van der Waals surface area (Å²) in [7, 11) is 6.20. The number of methoxy groups -OCH3 is 3. The van der Waals surface area contributed by atoms with Gasteiger partial charge in [-0.25, -0.2) is 9.48 Å². The van der Waals surface area contributed by atoms with Crippen molar-refractivity contribution in [3.05, 3.63) is 70.2 Å². The molecule has 0 bridgehead atoms. The number of aromatic nitrogens is 2. The fourth-order valence-electron chi connectivity index (χ4n) is 3.41. The highest BCUT2D eigenvalue weighted by Crippen LogP contribution is 2.35. The third-order valence-electron chi connectivity index (χ3n) is 5.30. The van der Waals surface area contributed by atoms with Gasteiger partial charge in [-0.1, -0.05) is 18.2 Å². The average Bonchev–Trinajstić information content (AvgIpc) is 3.08. The normalized spacial score (nSPS) is 10.8. The third-order valence-corrected chi connectivity index (χ3v) is 5.30. The predicted octanol–water partition coefficient (Wildman–Crippen LogP) is 2.71. The molecule has 1 amide bonds. The molecule has 1 aromatic heterocycles. The lowest BCUT2D eigenvalue weighted by molar-refractivity contribution is -0.142. The SMILES string of the molecule is COc1cc(OC)c(OC)cc1C=CC(=O)OCC(=O)Nc1c(C)n(C)n(-c2ccccc2)c1=O. The largest absolute Gasteiger partial charge is 0.496 e. The molecule has 0 atom stereocenters. The molecule has 35 heavy (non-hydrogen) atoms. The highest BCUT2D eigenvalue weighted by Gasteiger charge is 2.18. The van der Waals surface area contributed by atoms with Crippen LogP contribution in [0.15, 0.2) is 53.3 Å². The topological polar surface area (TPSA) is 110 Å². The van der Waals surface area contributed by atoms with Gasteiger partial charge in [0.2, 0.25) is 0 Å². The number of rotatable bonds is 9. The number of hydrogen-bond donors (Lipinski definition) is 1. The minimum Gasteiger partial charge on any atom is -0.496 e. The van der Waals surface area contributed by atoms with E-state index >= 15 is 0 Å². The first-order chi connectivity index (χ1) is 16.8. The minimum atomic E-state index is -0.747. The third kappa shape index (κ3) is 5.55. The van der Waals surface area contributed by atoms with Gasteiger partial charge >= 0.3 is 5.97 Å². The maximum atomic E-state index is 12.9. The lowest BCUT2D eigenvalue weighted by Crippen LogP contribution is -2.25. The molecule has 0 radical (unpaired) electrons. The van der Waals surface area contributed by atoms with Crippen LogP contribution in [0.5, 0.6) is 17.2 Å². The molecule has 1 heterocycles. The number of para-hydroxylation sites is 1. The van der Waals surface area contributed by atoms with Gasteiger partial charge in [0.1, 0.15) is 11.4 Å². The summed E-state index contributed by atoms with van der Waals surface area (Å²) in [6.07, 6.45) is 2.63. The fraction of sp³-hybridized carbons (Fsp3) is 0.240. The van der Waals surface area contributed by atoms with Crippen LogP contribution in [0.2, 0.25) is 0 Å². The molecule has 0 aliphatic heterocycles. The fourth-order valence-corrected chi connectivity index (χ4v) is 3.41. The Morgan fingerprint density at radius 3 is 2.23 bits per heavy atom. The number of carbonyl (C=O) groups is 2. The number of nitrogens with one attached hydrogen (secondary N) is 1. The molecule has 0 saturated heterocycles. The van der Waals surface area contributed by atoms with Crippen molar-refractivity contribution in [2.24, 2.45) is 7.05 Å². The molecule has 10 heteroatoms. The molecular formula is C25H27N3O7. The molecule has 0 unspecified atom stereocenters. The number of anilines is 1. The Morgan fingerprint density at radius 1 is 0.971 bits per heavy atom. The Morgan fingerprint density at radius 2 is 1.60 bits per heavy atom. The van der Waals surface area contributed by atoms with E-state index in [1.807, 2.05) is 18.2 Å². The van der Waals surface area contributed by atoms with Crippen LogP contribution in [0.3, 0.4) is 0 Å². The van der Waals surface area contributed by atoms with Crippen LogP contribution < -0.4 is 25.1 Å². The molecule has 0 aliphatic rings. The van der Waals surface area contributed by atoms with E-state index in [9.17, 15) is 14.4 Å². The van der Waals surface area contributed by atoms with E-state index in [2.05, 4.69) is 5.32 Å². The Hall–Kier alpha value is -4.47. The second-order valence-electron chi connectivity index (χ2n) is 7.37. The summed E-state index contributed by atoms with van der Waals surface area (Å²) in [5.74, 6) is 0.00647. The summed E-state index contributed by atoms with van der Waals surface area (Å²) >= 11 is 0. The number of esters is 1. The number of carbonyl (C=O) groups excluding carboxylic acids is 2. The first-order valence-electron chi connectivity index (χ1n) is 10.6. The monoisotopic (exact) mass is 481 g/mol. The summed E-state index contributed by atoms with van der Waals surface area (Å²) in [5, 5.41) is 2.54. The van der Waals surface area contributed by atoms with Crippen molar-refractivity contribution in [1.29, 1.82) is 0 Å². The zero-order chi connectivity index (χ0) is 25.5. The minimum absolute atomic E-state index is 0.114. The van der Waals surface area contributed by atoms with Gasteiger partial charge in [0.05, 0.1) is 32.7 Å². The Kier molecular flexibility index (Phi) is 7.98. The summed E-state index contributed by atoms with van der Waals surface area (Å²) in [4.78, 5) is 37.4. The predicted molar refractivity (Wildman–Crippen MR) is 130 cm³/mol. The zero-order valence-corrected chi connectivity index (χ0v) is 20.2. The van der Waals surface area contributed by atoms with Gasteiger partial charge in [-0.05, 0) is 31.2 Å². The van der Waals surface area contributed by atoms with Crippen molar-refractivity contribution in [1.82, 2.24) is 9.36 Å². The molecule has 0 fully saturated rings. The van der Waals surface area contributed by atoms with Gasteiger partial charge in [0, 0.05) is 24.8 Å². The van der Waals surface area contributed by atoms with Crippen LogP contribution in [-0.4, -0.2) is 49.2 Å². The molecule has 3 aromatic rings. The number of amides is 1. The van der Waals surface area contributed by atoms with Gasteiger partial charge in [0.15, 0.2) is 18.1 Å². The molecular weight excluding hydrogens is 454 g/mol. The zero-order valence-electron chi connectivity index (χ0n) is 20.2. The van der Waals surface area contributed by atoms with E-state index in [0.717, 1.165) is 6.08 Å². The Labute approximate surface area is 202 Å². The lowest BCUT2D eigenvalue weighted by atomic mass is 10.1. The number of ether oxygens (including phenoxy) is 4. The van der Waals surface area contributed by atoms with E-state index in [0.29, 0.717) is 34.2 Å². The second kappa shape index (κ2) is 11.1. The first-order valence-corrected chi connectivity index (χ1v) is 10.6. The van der Waals surface area contributed by atoms with E-state index < -0.39 is 24.0 Å². The molecule has 2 aromatic carbocycles. The van der Waals surface area contributed by atoms with E-state index in [-0.39, 0.29) is 5.69 Å². The van der Waals surface area contributed by atoms with Crippen molar-refractivity contribution in [3.8, 4) is 22.9 Å². The van der Waals surface area contributed by atoms with Crippen molar-refractivity contribution in [2.75, 3.05) is 33.3 Å². The lowest BCUT2D eigenvalue weighted by Gasteiger charge is -2.12. The number of benzene rings is 2. The van der Waals surface area contributed by atoms with Crippen LogP contribution in [0.1, 0.15) is 11.3 Å². The van der Waals surface area contributed by atoms with Crippen LogP contribution in [-0.2, 0) is 21.4 Å². The standard InChI is InChI=1S/C25H27N3O7/c1-16-24(25(31)28(27(16)2)18-9-7-6-8-10-18)26-22(29)15-35-23(30)12-11-17-13-20(33-4)21(34-5)14-19(17)32-3/h6-14H,15H2,1-5H3,(H,26,29). The molecule has 184 valence electrons. The Balaban J connectivity index is 1.67. The molecule has 1 N–H and O–H groups in total. The second-order valence-corrected chi connectivity index (χ2v) is 7.37. The van der Waals surface area contributed by atoms with E-state index in [1.165, 1.54) is 32.1 Å². The van der Waals surface area contributed by atoms with Crippen molar-refractivity contribution >= 4 is 23.6 Å². The van der Waals surface area contributed by atoms with Gasteiger partial charge < -0.3 is 24.3 Å². The number of hydrogen-bond acceptors (Lipinski definition) is 7. The average molecular weight is 482 g/mol. The summed E-state index contributed by atoms with van der Waals surface area (Å²) in [6, 6.07) is 12.3. The molecule has 0 saturated carbocycles. The smallest absolute Gasteiger partial charge is 0.331 e. The van der Waals surface area contributed by atoms with E-state index in [1.54, 1.807) is 42.9 Å². The maximum Gasteiger partial charge on any atom is 0.331 e. The van der Waals surface area contributed by atoms with Gasteiger partial charge in [0.25, 0.3) is 11.5 Å². The van der Waals surface area contributed by atoms with E-state index in [4.69, 9.17) is 18.9 Å². The summed E-state index contributed by atoms with van der Waals surface area (Å²) in [6.45, 7) is 1.15. The number of nitrogens with zero attached hydrogens (tertiary/aromatic N) is 2. The first kappa shape index (κ1) is 25.2. The van der Waals surface area contributed by atoms with Crippen LogP contribution in [0, 0.1) is 6.92 Å². The van der Waals surface area contributed by atoms with Gasteiger partial charge in [-0.3, -0.25) is 14.3 Å². The van der Waals surface area contributed by atoms with Crippen LogP contribution in [0.25, 0.3) is 11.8 Å². The highest BCUT2D eigenvalue weighted by atomic mass is 16.5. The van der Waals surface area contributed by atoms with Crippen molar-refractivity contribution in [2.45, 2.75) is 6.92 Å². The van der Waals surface area contributed by atoms with Gasteiger partial charge in [-0.15, -0.1) is 0 Å². The van der Waals surface area contributed by atoms with Gasteiger partial charge in [-0.2, -0.15) is 0 Å². The summed E-state index contributed by atoms with van der Waals surface area (Å²) < 4.78 is 23.9. The molecule has 10 nitrogen and oxygen atoms in total.